The molecule has 224 valence electrons. The van der Waals surface area contributed by atoms with Crippen LogP contribution in [0.4, 0.5) is 13.2 Å². The van der Waals surface area contributed by atoms with Crippen molar-refractivity contribution in [2.75, 3.05) is 6.61 Å². The molecule has 1 fully saturated rings. The molecule has 16 heteroatoms. The van der Waals surface area contributed by atoms with Crippen LogP contribution in [0.15, 0.2) is 36.4 Å². The predicted octanol–water partition coefficient (Wildman–Crippen LogP) is 2.87. The van der Waals surface area contributed by atoms with E-state index < -0.39 is 82.4 Å². The summed E-state index contributed by atoms with van der Waals surface area (Å²) in [4.78, 5) is 47.6. The average Bonchev–Trinajstić information content (AvgIpc) is 2.83. The molecule has 1 saturated heterocycles. The number of carbonyl (C=O) groups is 4. The van der Waals surface area contributed by atoms with Gasteiger partial charge in [-0.1, -0.05) is 24.3 Å². The minimum absolute atomic E-state index is 0.199. The molecule has 0 aromatic heterocycles. The lowest BCUT2D eigenvalue weighted by Crippen LogP contribution is -2.59. The van der Waals surface area contributed by atoms with E-state index in [1.807, 2.05) is 0 Å². The molecule has 0 radical (unpaired) electrons. The summed E-state index contributed by atoms with van der Waals surface area (Å²) in [6, 6.07) is 7.66. The van der Waals surface area contributed by atoms with Gasteiger partial charge in [-0.05, 0) is 28.5 Å². The Morgan fingerprint density at radius 1 is 0.829 bits per heavy atom. The molecule has 0 amide bonds. The molecule has 0 saturated carbocycles. The van der Waals surface area contributed by atoms with Gasteiger partial charge < -0.3 is 27.9 Å². The molecule has 0 spiro atoms. The molecule has 2 aromatic carbocycles. The van der Waals surface area contributed by atoms with Crippen LogP contribution in [0.1, 0.15) is 39.4 Å². The fourth-order valence-electron chi connectivity index (χ4n) is 4.24. The zero-order chi connectivity index (χ0) is 30.7. The predicted molar refractivity (Wildman–Crippen MR) is 130 cm³/mol. The summed E-state index contributed by atoms with van der Waals surface area (Å²) in [7, 11) is -5.94. The Bertz CT molecular complexity index is 1440. The number of carbonyl (C=O) groups excluding carboxylic acids is 4. The topological polar surface area (TPSA) is 158 Å². The third kappa shape index (κ3) is 7.64. The molecule has 0 unspecified atom stereocenters. The first-order valence-corrected chi connectivity index (χ1v) is 13.2. The monoisotopic (exact) mass is 606 g/mol. The number of esters is 4. The minimum atomic E-state index is -5.94. The highest BCUT2D eigenvalue weighted by Crippen LogP contribution is 2.41. The van der Waals surface area contributed by atoms with E-state index in [4.69, 9.17) is 23.7 Å². The van der Waals surface area contributed by atoms with Gasteiger partial charge in [0, 0.05) is 27.7 Å². The maximum Gasteiger partial charge on any atom is 0.534 e. The average molecular weight is 607 g/mol. The van der Waals surface area contributed by atoms with Gasteiger partial charge in [0.05, 0.1) is 0 Å². The van der Waals surface area contributed by atoms with Crippen LogP contribution in [0, 0.1) is 0 Å². The van der Waals surface area contributed by atoms with Crippen LogP contribution in [-0.4, -0.2) is 68.8 Å². The molecule has 12 nitrogen and oxygen atoms in total. The first kappa shape index (κ1) is 31.6. The zero-order valence-corrected chi connectivity index (χ0v) is 22.8. The van der Waals surface area contributed by atoms with Crippen molar-refractivity contribution in [3.8, 4) is 5.75 Å². The van der Waals surface area contributed by atoms with Crippen molar-refractivity contribution in [2.45, 2.75) is 63.7 Å². The Morgan fingerprint density at radius 3 is 1.98 bits per heavy atom. The SMILES string of the molecule is CC(=O)OC[C@H]1O[C@H](c2cccc3cc(OS(=O)(=O)C(F)(F)F)ccc23)[C@@H](OC(C)=O)[C@@H](OC(C)=O)[C@@H]1OC(C)=O. The Morgan fingerprint density at radius 2 is 1.41 bits per heavy atom. The van der Waals surface area contributed by atoms with Crippen molar-refractivity contribution in [2.24, 2.45) is 0 Å². The maximum absolute atomic E-state index is 12.8. The Labute approximate surface area is 231 Å². The fourth-order valence-corrected chi connectivity index (χ4v) is 4.69. The Balaban J connectivity index is 2.15. The molecule has 0 bridgehead atoms. The van der Waals surface area contributed by atoms with Crippen molar-refractivity contribution in [3.63, 3.8) is 0 Å². The van der Waals surface area contributed by atoms with Crippen LogP contribution in [0.25, 0.3) is 10.8 Å². The van der Waals surface area contributed by atoms with Gasteiger partial charge >= 0.3 is 39.5 Å². The number of fused-ring (bicyclic) bond motifs is 1. The molecular formula is C25H25F3O12S. The van der Waals surface area contributed by atoms with Crippen molar-refractivity contribution in [1.82, 2.24) is 0 Å². The second kappa shape index (κ2) is 12.3. The third-order valence-electron chi connectivity index (χ3n) is 5.67. The van der Waals surface area contributed by atoms with Gasteiger partial charge in [0.2, 0.25) is 0 Å². The number of halogens is 3. The Kier molecular flexibility index (Phi) is 9.48. The number of ether oxygens (including phenoxy) is 5. The van der Waals surface area contributed by atoms with Crippen LogP contribution in [0.2, 0.25) is 0 Å². The van der Waals surface area contributed by atoms with Gasteiger partial charge in [-0.3, -0.25) is 19.2 Å². The van der Waals surface area contributed by atoms with Crippen LogP contribution in [0.5, 0.6) is 5.75 Å². The molecular weight excluding hydrogens is 581 g/mol. The molecule has 3 rings (SSSR count). The fraction of sp³-hybridized carbons (Fsp3) is 0.440. The summed E-state index contributed by atoms with van der Waals surface area (Å²) >= 11 is 0. The molecule has 1 aliphatic heterocycles. The number of benzene rings is 2. The van der Waals surface area contributed by atoms with Crippen molar-refractivity contribution in [1.29, 1.82) is 0 Å². The maximum atomic E-state index is 12.8. The summed E-state index contributed by atoms with van der Waals surface area (Å²) in [5.41, 5.74) is -5.40. The van der Waals surface area contributed by atoms with E-state index in [1.54, 1.807) is 0 Å². The number of alkyl halides is 3. The van der Waals surface area contributed by atoms with E-state index in [-0.39, 0.29) is 10.9 Å². The van der Waals surface area contributed by atoms with E-state index in [0.29, 0.717) is 5.39 Å². The van der Waals surface area contributed by atoms with Gasteiger partial charge in [0.15, 0.2) is 18.3 Å². The van der Waals surface area contributed by atoms with Gasteiger partial charge in [0.25, 0.3) is 0 Å². The largest absolute Gasteiger partial charge is 0.534 e. The van der Waals surface area contributed by atoms with Gasteiger partial charge in [-0.2, -0.15) is 21.6 Å². The van der Waals surface area contributed by atoms with Crippen LogP contribution in [-0.2, 0) is 53.0 Å². The van der Waals surface area contributed by atoms with Crippen LogP contribution in [0.3, 0.4) is 0 Å². The number of rotatable bonds is 8. The van der Waals surface area contributed by atoms with Crippen LogP contribution < -0.4 is 4.18 Å². The van der Waals surface area contributed by atoms with Crippen LogP contribution >= 0.6 is 0 Å². The highest BCUT2D eigenvalue weighted by atomic mass is 32.2. The lowest BCUT2D eigenvalue weighted by molar-refractivity contribution is -0.254. The van der Waals surface area contributed by atoms with E-state index in [1.165, 1.54) is 24.3 Å². The highest BCUT2D eigenvalue weighted by molar-refractivity contribution is 7.88. The normalized spacial score (nSPS) is 22.9. The molecule has 0 aliphatic carbocycles. The highest BCUT2D eigenvalue weighted by Gasteiger charge is 2.53. The minimum Gasteiger partial charge on any atom is -0.463 e. The number of hydrogen-bond acceptors (Lipinski definition) is 12. The van der Waals surface area contributed by atoms with E-state index in [2.05, 4.69) is 4.18 Å². The summed E-state index contributed by atoms with van der Waals surface area (Å²) in [5, 5.41) is 0.496. The second-order valence-electron chi connectivity index (χ2n) is 8.83. The standard InChI is InChI=1S/C25H25F3O12S/c1-12(29)35-11-20-22(36-13(2)30)24(38-15(4)32)23(37-14(3)31)21(39-20)19-7-5-6-16-10-17(8-9-18(16)19)40-41(33,34)25(26,27)28/h5-10,20-24H,11H2,1-4H3/t20-,21-,22-,23-,24+/m1/s1. The van der Waals surface area contributed by atoms with E-state index >= 15 is 0 Å². The summed E-state index contributed by atoms with van der Waals surface area (Å²) in [6.07, 6.45) is -6.78. The number of hydrogen-bond donors (Lipinski definition) is 0. The first-order chi connectivity index (χ1) is 19.0. The summed E-state index contributed by atoms with van der Waals surface area (Å²) in [5.74, 6) is -3.80. The van der Waals surface area contributed by atoms with Crippen molar-refractivity contribution >= 4 is 44.8 Å². The van der Waals surface area contributed by atoms with E-state index in [9.17, 15) is 40.8 Å². The summed E-state index contributed by atoms with van der Waals surface area (Å²) in [6.45, 7) is 3.86. The third-order valence-corrected chi connectivity index (χ3v) is 6.65. The molecule has 1 heterocycles. The molecule has 41 heavy (non-hydrogen) atoms. The molecule has 1 aliphatic rings. The van der Waals surface area contributed by atoms with E-state index in [0.717, 1.165) is 39.8 Å². The summed E-state index contributed by atoms with van der Waals surface area (Å²) < 4.78 is 93.0. The lowest BCUT2D eigenvalue weighted by atomic mass is 9.88. The zero-order valence-electron chi connectivity index (χ0n) is 22.0. The smallest absolute Gasteiger partial charge is 0.463 e. The van der Waals surface area contributed by atoms with Crippen molar-refractivity contribution < 1.29 is 68.6 Å². The first-order valence-electron chi connectivity index (χ1n) is 11.8. The van der Waals surface area contributed by atoms with Gasteiger partial charge in [-0.15, -0.1) is 0 Å². The quantitative estimate of drug-likeness (QED) is 0.188. The lowest BCUT2D eigenvalue weighted by Gasteiger charge is -2.44. The molecule has 5 atom stereocenters. The Hall–Kier alpha value is -3.92. The van der Waals surface area contributed by atoms with Gasteiger partial charge in [0.1, 0.15) is 24.6 Å². The van der Waals surface area contributed by atoms with Crippen molar-refractivity contribution in [3.05, 3.63) is 42.0 Å². The second-order valence-corrected chi connectivity index (χ2v) is 10.4. The molecule has 2 aromatic rings. The molecule has 0 N–H and O–H groups in total. The van der Waals surface area contributed by atoms with Gasteiger partial charge in [-0.25, -0.2) is 0 Å².